The smallest absolute Gasteiger partial charge is 0.157 e. The summed E-state index contributed by atoms with van der Waals surface area (Å²) < 4.78 is 5.77. The lowest BCUT2D eigenvalue weighted by Gasteiger charge is -2.35. The molecule has 4 heteroatoms. The number of hydrogen-bond acceptors (Lipinski definition) is 3. The number of ether oxygens (including phenoxy) is 1. The Morgan fingerprint density at radius 3 is 2.90 bits per heavy atom. The summed E-state index contributed by atoms with van der Waals surface area (Å²) in [5.74, 6) is 2.13. The topological polar surface area (TPSA) is 33.6 Å². The summed E-state index contributed by atoms with van der Waals surface area (Å²) in [5.41, 5.74) is 0.372. The summed E-state index contributed by atoms with van der Waals surface area (Å²) in [7, 11) is 0. The Morgan fingerprint density at radius 1 is 1.30 bits per heavy atom. The van der Waals surface area contributed by atoms with Crippen molar-refractivity contribution in [1.29, 1.82) is 0 Å². The highest BCUT2D eigenvalue weighted by atomic mass is 32.2. The van der Waals surface area contributed by atoms with E-state index >= 15 is 0 Å². The molecule has 2 heterocycles. The van der Waals surface area contributed by atoms with Crippen molar-refractivity contribution < 1.29 is 4.74 Å². The summed E-state index contributed by atoms with van der Waals surface area (Å²) >= 11 is 1.93. The normalized spacial score (nSPS) is 40.1. The monoisotopic (exact) mass is 296 g/mol. The van der Waals surface area contributed by atoms with Crippen molar-refractivity contribution in [2.75, 3.05) is 18.9 Å². The second kappa shape index (κ2) is 6.69. The van der Waals surface area contributed by atoms with E-state index in [4.69, 9.17) is 9.73 Å². The third kappa shape index (κ3) is 3.70. The summed E-state index contributed by atoms with van der Waals surface area (Å²) in [6.45, 7) is 4.26. The molecule has 1 N–H and O–H groups in total. The molecule has 0 aromatic heterocycles. The van der Waals surface area contributed by atoms with Gasteiger partial charge < -0.3 is 10.1 Å². The van der Waals surface area contributed by atoms with E-state index in [1.807, 2.05) is 11.8 Å². The molecular formula is C16H28N2OS. The number of amidine groups is 1. The van der Waals surface area contributed by atoms with Gasteiger partial charge in [-0.1, -0.05) is 18.7 Å². The molecule has 0 bridgehead atoms. The van der Waals surface area contributed by atoms with Crippen molar-refractivity contribution in [3.05, 3.63) is 0 Å². The van der Waals surface area contributed by atoms with Gasteiger partial charge in [-0.05, 0) is 57.3 Å². The van der Waals surface area contributed by atoms with Crippen molar-refractivity contribution in [3.8, 4) is 0 Å². The highest BCUT2D eigenvalue weighted by Crippen LogP contribution is 2.38. The van der Waals surface area contributed by atoms with Gasteiger partial charge in [-0.25, -0.2) is 0 Å². The number of hydrogen-bond donors (Lipinski definition) is 1. The van der Waals surface area contributed by atoms with Crippen LogP contribution >= 0.6 is 11.8 Å². The van der Waals surface area contributed by atoms with Gasteiger partial charge in [0, 0.05) is 24.4 Å². The number of thioether (sulfide) groups is 1. The van der Waals surface area contributed by atoms with Gasteiger partial charge in [0.15, 0.2) is 5.17 Å². The fraction of sp³-hybridized carbons (Fsp3) is 0.938. The third-order valence-corrected chi connectivity index (χ3v) is 6.27. The van der Waals surface area contributed by atoms with Crippen LogP contribution < -0.4 is 5.32 Å². The van der Waals surface area contributed by atoms with Gasteiger partial charge in [0.25, 0.3) is 0 Å². The summed E-state index contributed by atoms with van der Waals surface area (Å²) in [6, 6.07) is 0. The number of nitrogens with one attached hydrogen (secondary N) is 1. The van der Waals surface area contributed by atoms with E-state index < -0.39 is 0 Å². The maximum Gasteiger partial charge on any atom is 0.157 e. The third-order valence-electron chi connectivity index (χ3n) is 5.07. The maximum atomic E-state index is 5.77. The van der Waals surface area contributed by atoms with Gasteiger partial charge in [-0.15, -0.1) is 0 Å². The van der Waals surface area contributed by atoms with Crippen molar-refractivity contribution in [2.45, 2.75) is 69.9 Å². The quantitative estimate of drug-likeness (QED) is 0.864. The van der Waals surface area contributed by atoms with Crippen LogP contribution in [0.4, 0.5) is 0 Å². The van der Waals surface area contributed by atoms with Crippen LogP contribution in [0.5, 0.6) is 0 Å². The van der Waals surface area contributed by atoms with Gasteiger partial charge in [-0.2, -0.15) is 0 Å². The molecule has 1 spiro atoms. The van der Waals surface area contributed by atoms with Crippen LogP contribution in [-0.4, -0.2) is 35.7 Å². The predicted octanol–water partition coefficient (Wildman–Crippen LogP) is 3.59. The van der Waals surface area contributed by atoms with E-state index in [1.165, 1.54) is 55.9 Å². The number of aliphatic imine (C=N–C) groups is 1. The molecule has 1 unspecified atom stereocenters. The zero-order valence-corrected chi connectivity index (χ0v) is 13.5. The fourth-order valence-corrected chi connectivity index (χ4v) is 4.77. The van der Waals surface area contributed by atoms with E-state index in [0.29, 0.717) is 11.6 Å². The number of nitrogens with zero attached hydrogens (tertiary/aromatic N) is 1. The average molecular weight is 296 g/mol. The Hall–Kier alpha value is -0.220. The molecule has 0 aromatic carbocycles. The van der Waals surface area contributed by atoms with Gasteiger partial charge in [0.2, 0.25) is 0 Å². The van der Waals surface area contributed by atoms with Crippen LogP contribution in [0.15, 0.2) is 4.99 Å². The lowest BCUT2D eigenvalue weighted by molar-refractivity contribution is 0.0129. The lowest BCUT2D eigenvalue weighted by Crippen LogP contribution is -2.46. The summed E-state index contributed by atoms with van der Waals surface area (Å²) in [4.78, 5) is 4.77. The van der Waals surface area contributed by atoms with Crippen molar-refractivity contribution in [1.82, 2.24) is 5.32 Å². The first-order chi connectivity index (χ1) is 9.76. The fourth-order valence-electron chi connectivity index (χ4n) is 3.52. The molecule has 3 fully saturated rings. The van der Waals surface area contributed by atoms with E-state index in [-0.39, 0.29) is 0 Å². The van der Waals surface area contributed by atoms with E-state index in [9.17, 15) is 0 Å². The zero-order valence-electron chi connectivity index (χ0n) is 12.7. The standard InChI is InChI=1S/C16H28N2OS/c1-13-5-8-16(9-6-13)12-20-15(18-16)17-10-7-14-4-2-3-11-19-14/h13-14H,2-12H2,1H3,(H,17,18). The highest BCUT2D eigenvalue weighted by molar-refractivity contribution is 8.14. The minimum Gasteiger partial charge on any atom is -0.378 e. The predicted molar refractivity (Wildman–Crippen MR) is 86.5 cm³/mol. The molecule has 2 aliphatic heterocycles. The van der Waals surface area contributed by atoms with E-state index in [2.05, 4.69) is 12.2 Å². The average Bonchev–Trinajstić information content (AvgIpc) is 2.87. The molecule has 0 aromatic rings. The van der Waals surface area contributed by atoms with Crippen molar-refractivity contribution >= 4 is 16.9 Å². The van der Waals surface area contributed by atoms with Gasteiger partial charge in [0.1, 0.15) is 0 Å². The van der Waals surface area contributed by atoms with Gasteiger partial charge in [-0.3, -0.25) is 4.99 Å². The molecular weight excluding hydrogens is 268 g/mol. The molecule has 3 nitrogen and oxygen atoms in total. The molecule has 0 amide bonds. The molecule has 1 saturated carbocycles. The largest absolute Gasteiger partial charge is 0.378 e. The highest BCUT2D eigenvalue weighted by Gasteiger charge is 2.39. The van der Waals surface area contributed by atoms with Crippen molar-refractivity contribution in [2.24, 2.45) is 10.9 Å². The SMILES string of the molecule is CC1CCC2(CC1)CSC(=NCCC1CCCCO1)N2. The van der Waals surface area contributed by atoms with E-state index in [1.54, 1.807) is 0 Å². The Morgan fingerprint density at radius 2 is 2.15 bits per heavy atom. The van der Waals surface area contributed by atoms with E-state index in [0.717, 1.165) is 25.5 Å². The molecule has 1 atom stereocenters. The van der Waals surface area contributed by atoms with Crippen LogP contribution in [0, 0.1) is 5.92 Å². The molecule has 0 radical (unpaired) electrons. The lowest BCUT2D eigenvalue weighted by atomic mass is 9.78. The Bertz CT molecular complexity index is 344. The van der Waals surface area contributed by atoms with Gasteiger partial charge in [0.05, 0.1) is 6.10 Å². The first-order valence-corrected chi connectivity index (χ1v) is 9.31. The molecule has 2 saturated heterocycles. The second-order valence-electron chi connectivity index (χ2n) is 6.84. The minimum atomic E-state index is 0.372. The van der Waals surface area contributed by atoms with Crippen LogP contribution in [0.2, 0.25) is 0 Å². The minimum absolute atomic E-state index is 0.372. The second-order valence-corrected chi connectivity index (χ2v) is 7.80. The maximum absolute atomic E-state index is 5.77. The molecule has 20 heavy (non-hydrogen) atoms. The molecule has 114 valence electrons. The summed E-state index contributed by atoms with van der Waals surface area (Å²) in [6.07, 6.45) is 10.7. The zero-order chi connectivity index (χ0) is 13.8. The Labute approximate surface area is 127 Å². The molecule has 3 rings (SSSR count). The van der Waals surface area contributed by atoms with Crippen molar-refractivity contribution in [3.63, 3.8) is 0 Å². The Kier molecular flexibility index (Phi) is 4.92. The molecule has 1 aliphatic carbocycles. The van der Waals surface area contributed by atoms with Crippen LogP contribution in [0.25, 0.3) is 0 Å². The van der Waals surface area contributed by atoms with Gasteiger partial charge >= 0.3 is 0 Å². The molecule has 3 aliphatic rings. The van der Waals surface area contributed by atoms with Crippen LogP contribution in [0.1, 0.15) is 58.3 Å². The van der Waals surface area contributed by atoms with Crippen LogP contribution in [0.3, 0.4) is 0 Å². The summed E-state index contributed by atoms with van der Waals surface area (Å²) in [5, 5.41) is 4.93. The first-order valence-electron chi connectivity index (χ1n) is 8.33. The first kappa shape index (κ1) is 14.7. The number of rotatable bonds is 3. The Balaban J connectivity index is 1.43. The van der Waals surface area contributed by atoms with Crippen LogP contribution in [-0.2, 0) is 4.74 Å².